The molecule has 0 aliphatic heterocycles. The minimum Gasteiger partial charge on any atom is -0.309 e. The predicted octanol–water partition coefficient (Wildman–Crippen LogP) is 3.63. The lowest BCUT2D eigenvalue weighted by Gasteiger charge is -2.36. The zero-order chi connectivity index (χ0) is 16.0. The Morgan fingerprint density at radius 3 is 2.48 bits per heavy atom. The Kier molecular flexibility index (Phi) is 6.75. The summed E-state index contributed by atoms with van der Waals surface area (Å²) in [5.41, 5.74) is 1.17. The van der Waals surface area contributed by atoms with E-state index in [2.05, 4.69) is 56.9 Å². The molecule has 0 aliphatic rings. The summed E-state index contributed by atoms with van der Waals surface area (Å²) in [4.78, 5) is 6.60. The zero-order valence-electron chi connectivity index (χ0n) is 14.3. The molecule has 120 valence electrons. The van der Waals surface area contributed by atoms with Gasteiger partial charge in [-0.1, -0.05) is 27.7 Å². The summed E-state index contributed by atoms with van der Waals surface area (Å²) < 4.78 is 13.0. The average molecular weight is 295 g/mol. The molecule has 0 spiro atoms. The van der Waals surface area contributed by atoms with Crippen LogP contribution in [0.5, 0.6) is 0 Å². The zero-order valence-corrected chi connectivity index (χ0v) is 14.3. The third-order valence-electron chi connectivity index (χ3n) is 4.24. The fourth-order valence-electron chi connectivity index (χ4n) is 2.38. The quantitative estimate of drug-likeness (QED) is 0.832. The van der Waals surface area contributed by atoms with Crippen LogP contribution < -0.4 is 5.32 Å². The Morgan fingerprint density at radius 1 is 1.33 bits per heavy atom. The molecule has 1 aromatic heterocycles. The molecular formula is C17H30FN3. The minimum absolute atomic E-state index is 0.171. The summed E-state index contributed by atoms with van der Waals surface area (Å²) in [7, 11) is 2.16. The molecule has 1 heterocycles. The van der Waals surface area contributed by atoms with Crippen LogP contribution in [0.15, 0.2) is 18.3 Å². The van der Waals surface area contributed by atoms with E-state index in [0.717, 1.165) is 25.2 Å². The van der Waals surface area contributed by atoms with E-state index in [9.17, 15) is 4.39 Å². The molecule has 1 rings (SSSR count). The Balaban J connectivity index is 2.65. The highest BCUT2D eigenvalue weighted by Gasteiger charge is 2.24. The second-order valence-electron chi connectivity index (χ2n) is 6.82. The SMILES string of the molecule is CCNC(CCN(C)C(C)C(C)(C)C)c1ccc(F)cn1. The van der Waals surface area contributed by atoms with Crippen molar-refractivity contribution >= 4 is 0 Å². The van der Waals surface area contributed by atoms with E-state index in [1.54, 1.807) is 6.07 Å². The number of aromatic nitrogens is 1. The number of halogens is 1. The van der Waals surface area contributed by atoms with Gasteiger partial charge in [-0.25, -0.2) is 4.39 Å². The van der Waals surface area contributed by atoms with Gasteiger partial charge in [0.05, 0.1) is 17.9 Å². The standard InChI is InChI=1S/C17H30FN3/c1-7-19-16(15-9-8-14(18)12-20-15)10-11-21(6)13(2)17(3,4)5/h8-9,12-13,16,19H,7,10-11H2,1-6H3. The first-order valence-electron chi connectivity index (χ1n) is 7.80. The maximum Gasteiger partial charge on any atom is 0.141 e. The van der Waals surface area contributed by atoms with Gasteiger partial charge < -0.3 is 10.2 Å². The second-order valence-corrected chi connectivity index (χ2v) is 6.82. The van der Waals surface area contributed by atoms with Crippen molar-refractivity contribution in [3.8, 4) is 0 Å². The molecule has 0 bridgehead atoms. The van der Waals surface area contributed by atoms with Gasteiger partial charge in [0.2, 0.25) is 0 Å². The molecule has 21 heavy (non-hydrogen) atoms. The molecule has 0 fully saturated rings. The van der Waals surface area contributed by atoms with Crippen molar-refractivity contribution in [3.63, 3.8) is 0 Å². The van der Waals surface area contributed by atoms with Crippen LogP contribution in [0.4, 0.5) is 4.39 Å². The van der Waals surface area contributed by atoms with Gasteiger partial charge in [-0.05, 0) is 51.0 Å². The van der Waals surface area contributed by atoms with Crippen LogP contribution in [-0.4, -0.2) is 36.1 Å². The normalized spacial score (nSPS) is 15.2. The van der Waals surface area contributed by atoms with Crippen molar-refractivity contribution < 1.29 is 4.39 Å². The molecule has 1 N–H and O–H groups in total. The number of pyridine rings is 1. The Morgan fingerprint density at radius 2 is 2.00 bits per heavy atom. The Bertz CT molecular complexity index is 411. The Hall–Kier alpha value is -1.00. The number of nitrogens with zero attached hydrogens (tertiary/aromatic N) is 2. The number of rotatable bonds is 7. The van der Waals surface area contributed by atoms with Gasteiger partial charge in [-0.3, -0.25) is 4.98 Å². The molecule has 2 unspecified atom stereocenters. The molecule has 4 heteroatoms. The van der Waals surface area contributed by atoms with Gasteiger partial charge in [0.1, 0.15) is 5.82 Å². The summed E-state index contributed by atoms with van der Waals surface area (Å²) in [6.07, 6.45) is 2.25. The van der Waals surface area contributed by atoms with Crippen LogP contribution >= 0.6 is 0 Å². The summed E-state index contributed by atoms with van der Waals surface area (Å²) in [5.74, 6) is -0.285. The highest BCUT2D eigenvalue weighted by atomic mass is 19.1. The maximum atomic E-state index is 13.0. The van der Waals surface area contributed by atoms with E-state index < -0.39 is 0 Å². The first kappa shape index (κ1) is 18.1. The summed E-state index contributed by atoms with van der Waals surface area (Å²) in [5, 5.41) is 3.44. The monoisotopic (exact) mass is 295 g/mol. The number of hydrogen-bond acceptors (Lipinski definition) is 3. The predicted molar refractivity (Wildman–Crippen MR) is 86.8 cm³/mol. The van der Waals surface area contributed by atoms with Gasteiger partial charge >= 0.3 is 0 Å². The van der Waals surface area contributed by atoms with Crippen LogP contribution in [0.2, 0.25) is 0 Å². The molecule has 0 saturated heterocycles. The average Bonchev–Trinajstić information content (AvgIpc) is 2.42. The summed E-state index contributed by atoms with van der Waals surface area (Å²) in [6.45, 7) is 13.0. The molecule has 2 atom stereocenters. The van der Waals surface area contributed by atoms with E-state index in [4.69, 9.17) is 0 Å². The van der Waals surface area contributed by atoms with Gasteiger partial charge in [-0.15, -0.1) is 0 Å². The van der Waals surface area contributed by atoms with Crippen molar-refractivity contribution in [1.82, 2.24) is 15.2 Å². The molecule has 3 nitrogen and oxygen atoms in total. The van der Waals surface area contributed by atoms with Crippen LogP contribution in [0.1, 0.15) is 52.8 Å². The van der Waals surface area contributed by atoms with Gasteiger partial charge in [0.15, 0.2) is 0 Å². The van der Waals surface area contributed by atoms with Gasteiger partial charge in [-0.2, -0.15) is 0 Å². The van der Waals surface area contributed by atoms with E-state index in [-0.39, 0.29) is 17.3 Å². The van der Waals surface area contributed by atoms with E-state index in [0.29, 0.717) is 6.04 Å². The smallest absolute Gasteiger partial charge is 0.141 e. The van der Waals surface area contributed by atoms with E-state index >= 15 is 0 Å². The molecule has 0 radical (unpaired) electrons. The van der Waals surface area contributed by atoms with E-state index in [1.165, 1.54) is 12.3 Å². The number of nitrogens with one attached hydrogen (secondary N) is 1. The van der Waals surface area contributed by atoms with Gasteiger partial charge in [0.25, 0.3) is 0 Å². The first-order valence-corrected chi connectivity index (χ1v) is 7.80. The highest BCUT2D eigenvalue weighted by Crippen LogP contribution is 2.24. The summed E-state index contributed by atoms with van der Waals surface area (Å²) >= 11 is 0. The van der Waals surface area contributed by atoms with Gasteiger partial charge in [0, 0.05) is 6.04 Å². The third-order valence-corrected chi connectivity index (χ3v) is 4.24. The van der Waals surface area contributed by atoms with Crippen LogP contribution in [0, 0.1) is 11.2 Å². The molecule has 0 saturated carbocycles. The fourth-order valence-corrected chi connectivity index (χ4v) is 2.38. The van der Waals surface area contributed by atoms with Crippen molar-refractivity contribution in [3.05, 3.63) is 29.8 Å². The molecule has 0 aromatic carbocycles. The van der Waals surface area contributed by atoms with Crippen molar-refractivity contribution in [1.29, 1.82) is 0 Å². The fraction of sp³-hybridized carbons (Fsp3) is 0.706. The lowest BCUT2D eigenvalue weighted by molar-refractivity contribution is 0.135. The minimum atomic E-state index is -0.285. The molecule has 0 amide bonds. The largest absolute Gasteiger partial charge is 0.309 e. The van der Waals surface area contributed by atoms with Crippen LogP contribution in [-0.2, 0) is 0 Å². The van der Waals surface area contributed by atoms with Crippen molar-refractivity contribution in [2.75, 3.05) is 20.1 Å². The molecule has 0 aliphatic carbocycles. The Labute approximate surface area is 129 Å². The van der Waals surface area contributed by atoms with Crippen LogP contribution in [0.25, 0.3) is 0 Å². The topological polar surface area (TPSA) is 28.2 Å². The van der Waals surface area contributed by atoms with Crippen molar-refractivity contribution in [2.24, 2.45) is 5.41 Å². The highest BCUT2D eigenvalue weighted by molar-refractivity contribution is 5.10. The lowest BCUT2D eigenvalue weighted by Crippen LogP contribution is -2.40. The first-order chi connectivity index (χ1) is 9.75. The lowest BCUT2D eigenvalue weighted by atomic mass is 9.87. The van der Waals surface area contributed by atoms with Crippen molar-refractivity contribution in [2.45, 2.75) is 53.1 Å². The third kappa shape index (κ3) is 5.71. The maximum absolute atomic E-state index is 13.0. The van der Waals surface area contributed by atoms with Crippen LogP contribution in [0.3, 0.4) is 0 Å². The number of hydrogen-bond donors (Lipinski definition) is 1. The second kappa shape index (κ2) is 7.85. The van der Waals surface area contributed by atoms with E-state index in [1.807, 2.05) is 0 Å². The molecular weight excluding hydrogens is 265 g/mol. The summed E-state index contributed by atoms with van der Waals surface area (Å²) in [6, 6.07) is 3.93. The molecule has 1 aromatic rings.